The molecular weight excluding hydrogens is 426 g/mol. The summed E-state index contributed by atoms with van der Waals surface area (Å²) in [6.45, 7) is 4.90. The number of nitrogens with two attached hydrogens (primary N) is 1. The van der Waals surface area contributed by atoms with Gasteiger partial charge in [0.05, 0.1) is 17.6 Å². The summed E-state index contributed by atoms with van der Waals surface area (Å²) in [5.41, 5.74) is 10.3. The Balaban J connectivity index is 1.67. The maximum absolute atomic E-state index is 11.3. The van der Waals surface area contributed by atoms with Crippen molar-refractivity contribution >= 4 is 28.9 Å². The van der Waals surface area contributed by atoms with Gasteiger partial charge in [-0.3, -0.25) is 14.0 Å². The molecule has 2 N–H and O–H groups in total. The second-order valence-corrected chi connectivity index (χ2v) is 8.46. The molecule has 9 heteroatoms. The largest absolute Gasteiger partial charge is 0.368 e. The molecule has 3 heterocycles. The normalized spacial score (nSPS) is 15.2. The Morgan fingerprint density at radius 3 is 2.66 bits per heavy atom. The second-order valence-electron chi connectivity index (χ2n) is 8.03. The van der Waals surface area contributed by atoms with Gasteiger partial charge in [-0.05, 0) is 48.9 Å². The van der Waals surface area contributed by atoms with Gasteiger partial charge in [0, 0.05) is 34.9 Å². The molecule has 32 heavy (non-hydrogen) atoms. The van der Waals surface area contributed by atoms with Gasteiger partial charge >= 0.3 is 0 Å². The number of primary amides is 1. The van der Waals surface area contributed by atoms with E-state index in [0.717, 1.165) is 46.4 Å². The molecule has 5 rings (SSSR count). The molecule has 0 saturated carbocycles. The SMILES string of the molecule is Cc1nnc2n1-c1ccc(-c3cnn(CC(N)=O)c3)cc1N(c1ccc(Cl)cc1)CC2C. The van der Waals surface area contributed by atoms with Crippen LogP contribution < -0.4 is 10.6 Å². The van der Waals surface area contributed by atoms with Crippen LogP contribution in [0.3, 0.4) is 0 Å². The molecule has 0 aliphatic carbocycles. The third-order valence-corrected chi connectivity index (χ3v) is 5.93. The summed E-state index contributed by atoms with van der Waals surface area (Å²) in [7, 11) is 0. The molecule has 0 spiro atoms. The van der Waals surface area contributed by atoms with Crippen LogP contribution in [0.15, 0.2) is 54.9 Å². The van der Waals surface area contributed by atoms with E-state index in [9.17, 15) is 4.79 Å². The molecule has 2 aromatic carbocycles. The van der Waals surface area contributed by atoms with Crippen LogP contribution in [0.25, 0.3) is 16.8 Å². The Bertz CT molecular complexity index is 1310. The number of anilines is 2. The highest BCUT2D eigenvalue weighted by molar-refractivity contribution is 6.30. The summed E-state index contributed by atoms with van der Waals surface area (Å²) in [4.78, 5) is 13.5. The summed E-state index contributed by atoms with van der Waals surface area (Å²) in [5.74, 6) is 1.50. The first-order valence-corrected chi connectivity index (χ1v) is 10.7. The lowest BCUT2D eigenvalue weighted by Crippen LogP contribution is -2.22. The van der Waals surface area contributed by atoms with Gasteiger partial charge < -0.3 is 10.6 Å². The monoisotopic (exact) mass is 447 g/mol. The number of fused-ring (bicyclic) bond motifs is 3. The molecule has 0 radical (unpaired) electrons. The molecule has 4 aromatic rings. The Morgan fingerprint density at radius 1 is 1.12 bits per heavy atom. The first-order valence-electron chi connectivity index (χ1n) is 10.3. The topological polar surface area (TPSA) is 94.9 Å². The summed E-state index contributed by atoms with van der Waals surface area (Å²) < 4.78 is 3.67. The third-order valence-electron chi connectivity index (χ3n) is 5.68. The zero-order chi connectivity index (χ0) is 22.4. The van der Waals surface area contributed by atoms with E-state index in [4.69, 9.17) is 17.3 Å². The highest BCUT2D eigenvalue weighted by atomic mass is 35.5. The quantitative estimate of drug-likeness (QED) is 0.513. The smallest absolute Gasteiger partial charge is 0.239 e. The van der Waals surface area contributed by atoms with E-state index in [2.05, 4.69) is 43.8 Å². The van der Waals surface area contributed by atoms with Gasteiger partial charge in [0.25, 0.3) is 0 Å². The Labute approximate surface area is 190 Å². The van der Waals surface area contributed by atoms with Gasteiger partial charge in [-0.1, -0.05) is 24.6 Å². The van der Waals surface area contributed by atoms with Crippen LogP contribution in [-0.2, 0) is 11.3 Å². The molecule has 1 unspecified atom stereocenters. The van der Waals surface area contributed by atoms with Crippen molar-refractivity contribution in [2.24, 2.45) is 5.73 Å². The molecular formula is C23H22ClN7O. The van der Waals surface area contributed by atoms with Crippen LogP contribution in [0.5, 0.6) is 0 Å². The Hall–Kier alpha value is -3.65. The first-order chi connectivity index (χ1) is 15.4. The van der Waals surface area contributed by atoms with E-state index in [1.807, 2.05) is 43.5 Å². The number of nitrogens with zero attached hydrogens (tertiary/aromatic N) is 6. The van der Waals surface area contributed by atoms with E-state index < -0.39 is 5.91 Å². The average Bonchev–Trinajstić information content (AvgIpc) is 3.35. The number of carbonyl (C=O) groups excluding carboxylic acids is 1. The highest BCUT2D eigenvalue weighted by Crippen LogP contribution is 2.40. The number of carbonyl (C=O) groups is 1. The lowest BCUT2D eigenvalue weighted by Gasteiger charge is -2.27. The fourth-order valence-corrected chi connectivity index (χ4v) is 4.31. The van der Waals surface area contributed by atoms with Gasteiger partial charge in [0.15, 0.2) is 0 Å². The first kappa shape index (κ1) is 20.3. The van der Waals surface area contributed by atoms with E-state index in [1.165, 1.54) is 0 Å². The predicted octanol–water partition coefficient (Wildman–Crippen LogP) is 3.83. The summed E-state index contributed by atoms with van der Waals surface area (Å²) in [6.07, 6.45) is 3.57. The number of halogens is 1. The zero-order valence-corrected chi connectivity index (χ0v) is 18.5. The number of benzene rings is 2. The maximum atomic E-state index is 11.3. The number of aryl methyl sites for hydroxylation is 1. The third kappa shape index (κ3) is 3.52. The van der Waals surface area contributed by atoms with Gasteiger partial charge in [0.2, 0.25) is 5.91 Å². The standard InChI is InChI=1S/C23H22ClN7O/c1-14-11-30(19-6-4-18(24)5-7-19)21-9-16(17-10-26-29(12-17)13-22(25)32)3-8-20(21)31-15(2)27-28-23(14)31/h3-10,12,14H,11,13H2,1-2H3,(H2,25,32). The highest BCUT2D eigenvalue weighted by Gasteiger charge is 2.28. The minimum atomic E-state index is -0.430. The number of aromatic nitrogens is 5. The second kappa shape index (κ2) is 7.80. The van der Waals surface area contributed by atoms with Crippen molar-refractivity contribution in [2.75, 3.05) is 11.4 Å². The van der Waals surface area contributed by atoms with Crippen molar-refractivity contribution in [1.29, 1.82) is 0 Å². The number of hydrogen-bond acceptors (Lipinski definition) is 5. The molecule has 1 aliphatic rings. The van der Waals surface area contributed by atoms with Crippen LogP contribution in [0, 0.1) is 6.92 Å². The molecule has 1 amide bonds. The lowest BCUT2D eigenvalue weighted by atomic mass is 10.1. The van der Waals surface area contributed by atoms with Crippen LogP contribution >= 0.6 is 11.6 Å². The van der Waals surface area contributed by atoms with Crippen LogP contribution in [0.1, 0.15) is 24.5 Å². The fraction of sp³-hybridized carbons (Fsp3) is 0.217. The predicted molar refractivity (Wildman–Crippen MR) is 123 cm³/mol. The molecule has 1 aliphatic heterocycles. The van der Waals surface area contributed by atoms with E-state index in [1.54, 1.807) is 10.9 Å². The van der Waals surface area contributed by atoms with Gasteiger partial charge in [-0.15, -0.1) is 10.2 Å². The summed E-state index contributed by atoms with van der Waals surface area (Å²) in [6, 6.07) is 14.1. The fourth-order valence-electron chi connectivity index (χ4n) is 4.18. The summed E-state index contributed by atoms with van der Waals surface area (Å²) >= 11 is 6.15. The number of amides is 1. The van der Waals surface area contributed by atoms with E-state index in [-0.39, 0.29) is 12.5 Å². The van der Waals surface area contributed by atoms with Crippen molar-refractivity contribution in [3.8, 4) is 16.8 Å². The van der Waals surface area contributed by atoms with Crippen LogP contribution in [-0.4, -0.2) is 37.0 Å². The molecule has 0 saturated heterocycles. The van der Waals surface area contributed by atoms with Crippen molar-refractivity contribution in [2.45, 2.75) is 26.3 Å². The Kier molecular flexibility index (Phi) is 4.94. The van der Waals surface area contributed by atoms with Crippen LogP contribution in [0.4, 0.5) is 11.4 Å². The molecule has 1 atom stereocenters. The van der Waals surface area contributed by atoms with Gasteiger partial charge in [-0.25, -0.2) is 0 Å². The zero-order valence-electron chi connectivity index (χ0n) is 17.7. The molecule has 2 aromatic heterocycles. The van der Waals surface area contributed by atoms with Crippen molar-refractivity contribution in [3.63, 3.8) is 0 Å². The summed E-state index contributed by atoms with van der Waals surface area (Å²) in [5, 5.41) is 13.7. The van der Waals surface area contributed by atoms with Crippen molar-refractivity contribution < 1.29 is 4.79 Å². The van der Waals surface area contributed by atoms with E-state index in [0.29, 0.717) is 5.02 Å². The number of hydrogen-bond donors (Lipinski definition) is 1. The minimum Gasteiger partial charge on any atom is -0.368 e. The lowest BCUT2D eigenvalue weighted by molar-refractivity contribution is -0.118. The average molecular weight is 448 g/mol. The maximum Gasteiger partial charge on any atom is 0.239 e. The van der Waals surface area contributed by atoms with Crippen molar-refractivity contribution in [1.82, 2.24) is 24.5 Å². The molecule has 0 bridgehead atoms. The Morgan fingerprint density at radius 2 is 1.91 bits per heavy atom. The molecule has 8 nitrogen and oxygen atoms in total. The van der Waals surface area contributed by atoms with Gasteiger partial charge in [0.1, 0.15) is 18.2 Å². The van der Waals surface area contributed by atoms with Gasteiger partial charge in [-0.2, -0.15) is 5.10 Å². The van der Waals surface area contributed by atoms with E-state index >= 15 is 0 Å². The van der Waals surface area contributed by atoms with Crippen molar-refractivity contribution in [3.05, 3.63) is 71.5 Å². The molecule has 162 valence electrons. The molecule has 0 fully saturated rings. The van der Waals surface area contributed by atoms with Crippen LogP contribution in [0.2, 0.25) is 5.02 Å². The number of rotatable bonds is 4. The minimum absolute atomic E-state index is 0.0443.